The van der Waals surface area contributed by atoms with Crippen LogP contribution in [-0.4, -0.2) is 94.0 Å². The van der Waals surface area contributed by atoms with Gasteiger partial charge < -0.3 is 9.80 Å². The SMILES string of the molecule is Cc1cc2nccc(N3CCCN(S(C)(=O)=O)CC3)c2cc1C.Cc1cc2nccc(N3CCCN(S(N)(=O)=O)CC3)c2cc1C. The van der Waals surface area contributed by atoms with Gasteiger partial charge in [0.2, 0.25) is 10.0 Å². The van der Waals surface area contributed by atoms with E-state index in [9.17, 15) is 16.8 Å². The van der Waals surface area contributed by atoms with E-state index in [4.69, 9.17) is 5.14 Å². The van der Waals surface area contributed by atoms with Crippen molar-refractivity contribution in [1.29, 1.82) is 0 Å². The van der Waals surface area contributed by atoms with Crippen LogP contribution in [0.15, 0.2) is 48.8 Å². The predicted molar refractivity (Wildman–Crippen MR) is 187 cm³/mol. The zero-order chi connectivity index (χ0) is 33.2. The molecule has 2 N–H and O–H groups in total. The number of sulfonamides is 1. The fraction of sp³-hybridized carbons (Fsp3) is 0.455. The molecule has 2 aliphatic rings. The van der Waals surface area contributed by atoms with Crippen molar-refractivity contribution in [1.82, 2.24) is 18.6 Å². The van der Waals surface area contributed by atoms with Crippen LogP contribution in [0.25, 0.3) is 21.8 Å². The average molecular weight is 668 g/mol. The molecule has 13 heteroatoms. The summed E-state index contributed by atoms with van der Waals surface area (Å²) in [5.74, 6) is 0. The van der Waals surface area contributed by atoms with E-state index in [0.717, 1.165) is 59.1 Å². The van der Waals surface area contributed by atoms with E-state index in [1.54, 1.807) is 4.31 Å². The highest BCUT2D eigenvalue weighted by atomic mass is 32.2. The highest BCUT2D eigenvalue weighted by Gasteiger charge is 2.24. The van der Waals surface area contributed by atoms with Crippen LogP contribution in [0.1, 0.15) is 35.1 Å². The van der Waals surface area contributed by atoms with E-state index in [1.807, 2.05) is 24.5 Å². The van der Waals surface area contributed by atoms with Crippen LogP contribution in [0.2, 0.25) is 0 Å². The van der Waals surface area contributed by atoms with Gasteiger partial charge in [-0.25, -0.2) is 17.9 Å². The predicted octanol–water partition coefficient (Wildman–Crippen LogP) is 3.89. The Morgan fingerprint density at radius 2 is 1.00 bits per heavy atom. The molecule has 2 aromatic carbocycles. The third kappa shape index (κ3) is 7.77. The molecule has 0 aliphatic carbocycles. The summed E-state index contributed by atoms with van der Waals surface area (Å²) in [7, 11) is -6.73. The Balaban J connectivity index is 0.000000181. The maximum atomic E-state index is 11.8. The van der Waals surface area contributed by atoms with Crippen molar-refractivity contribution in [3.8, 4) is 0 Å². The van der Waals surface area contributed by atoms with Crippen molar-refractivity contribution < 1.29 is 16.8 Å². The van der Waals surface area contributed by atoms with Gasteiger partial charge in [-0.15, -0.1) is 0 Å². The molecule has 2 fully saturated rings. The van der Waals surface area contributed by atoms with Crippen molar-refractivity contribution in [3.05, 3.63) is 71.0 Å². The lowest BCUT2D eigenvalue weighted by atomic mass is 10.0. The normalized spacial score (nSPS) is 17.4. The number of aryl methyl sites for hydroxylation is 4. The quantitative estimate of drug-likeness (QED) is 0.347. The Morgan fingerprint density at radius 3 is 1.43 bits per heavy atom. The van der Waals surface area contributed by atoms with E-state index >= 15 is 0 Å². The molecule has 248 valence electrons. The second-order valence-corrected chi connectivity index (χ2v) is 15.9. The van der Waals surface area contributed by atoms with Gasteiger partial charge in [-0.3, -0.25) is 9.97 Å². The fourth-order valence-corrected chi connectivity index (χ4v) is 7.78. The summed E-state index contributed by atoms with van der Waals surface area (Å²) < 4.78 is 49.6. The molecule has 0 bridgehead atoms. The number of hydrogen-bond acceptors (Lipinski definition) is 8. The standard InChI is InChI=1S/C17H23N3O2S.C16H22N4O2S/c1-13-11-15-16(12-14(13)2)18-6-5-17(15)19-7-4-8-20(10-9-19)23(3,21)22;1-12-10-14-15(11-13(12)2)18-5-4-16(14)19-6-3-7-20(9-8-19)23(17,21)22/h5-6,11-12H,4,7-10H2,1-3H3;4-5,10-11H,3,6-9H2,1-2H3,(H2,17,21,22). The average Bonchev–Trinajstić information content (AvgIpc) is 3.40. The minimum Gasteiger partial charge on any atom is -0.370 e. The first-order chi connectivity index (χ1) is 21.7. The number of fused-ring (bicyclic) bond motifs is 2. The summed E-state index contributed by atoms with van der Waals surface area (Å²) in [5, 5.41) is 7.51. The highest BCUT2D eigenvalue weighted by Crippen LogP contribution is 2.30. The molecular formula is C33H45N7O4S2. The Hall–Kier alpha value is -3.36. The molecule has 0 radical (unpaired) electrons. The number of anilines is 2. The molecule has 11 nitrogen and oxygen atoms in total. The summed E-state index contributed by atoms with van der Waals surface area (Å²) >= 11 is 0. The summed E-state index contributed by atoms with van der Waals surface area (Å²) in [6, 6.07) is 12.6. The first kappa shape index (κ1) is 34.0. The molecule has 6 rings (SSSR count). The lowest BCUT2D eigenvalue weighted by Crippen LogP contribution is -2.39. The number of pyridine rings is 2. The molecule has 0 amide bonds. The minimum atomic E-state index is -3.62. The number of hydrogen-bond donors (Lipinski definition) is 1. The van der Waals surface area contributed by atoms with Crippen LogP contribution in [0.4, 0.5) is 11.4 Å². The van der Waals surface area contributed by atoms with Gasteiger partial charge in [0.25, 0.3) is 10.2 Å². The Labute approximate surface area is 273 Å². The zero-order valence-corrected chi connectivity index (χ0v) is 29.0. The highest BCUT2D eigenvalue weighted by molar-refractivity contribution is 7.88. The molecule has 0 saturated carbocycles. The summed E-state index contributed by atoms with van der Waals surface area (Å²) in [4.78, 5) is 13.5. The largest absolute Gasteiger partial charge is 0.370 e. The Kier molecular flexibility index (Phi) is 10.2. The topological polar surface area (TPSA) is 133 Å². The van der Waals surface area contributed by atoms with Gasteiger partial charge in [0.15, 0.2) is 0 Å². The zero-order valence-electron chi connectivity index (χ0n) is 27.4. The van der Waals surface area contributed by atoms with Gasteiger partial charge in [0.05, 0.1) is 17.3 Å². The van der Waals surface area contributed by atoms with Gasteiger partial charge in [0.1, 0.15) is 0 Å². The van der Waals surface area contributed by atoms with E-state index in [1.165, 1.54) is 32.8 Å². The van der Waals surface area contributed by atoms with Crippen molar-refractivity contribution in [2.45, 2.75) is 40.5 Å². The lowest BCUT2D eigenvalue weighted by Gasteiger charge is -2.24. The Bertz CT molecular complexity index is 1810. The second kappa shape index (κ2) is 13.8. The van der Waals surface area contributed by atoms with Crippen LogP contribution in [0.3, 0.4) is 0 Å². The van der Waals surface area contributed by atoms with Gasteiger partial charge in [-0.2, -0.15) is 12.7 Å². The molecule has 2 aliphatic heterocycles. The van der Waals surface area contributed by atoms with Gasteiger partial charge in [-0.1, -0.05) is 0 Å². The van der Waals surface area contributed by atoms with E-state index in [2.05, 4.69) is 71.7 Å². The molecule has 2 saturated heterocycles. The first-order valence-corrected chi connectivity index (χ1v) is 19.0. The smallest absolute Gasteiger partial charge is 0.276 e. The fourth-order valence-electron chi connectivity index (χ4n) is 6.19. The summed E-state index contributed by atoms with van der Waals surface area (Å²) in [6.07, 6.45) is 6.53. The number of rotatable bonds is 4. The monoisotopic (exact) mass is 667 g/mol. The van der Waals surface area contributed by atoms with Crippen molar-refractivity contribution in [2.75, 3.05) is 68.4 Å². The third-order valence-electron chi connectivity index (χ3n) is 9.09. The first-order valence-electron chi connectivity index (χ1n) is 15.7. The van der Waals surface area contributed by atoms with Gasteiger partial charge >= 0.3 is 0 Å². The molecular weight excluding hydrogens is 623 g/mol. The van der Waals surface area contributed by atoms with Gasteiger partial charge in [-0.05, 0) is 99.2 Å². The summed E-state index contributed by atoms with van der Waals surface area (Å²) in [5.41, 5.74) is 9.16. The third-order valence-corrected chi connectivity index (χ3v) is 11.5. The molecule has 0 spiro atoms. The molecule has 46 heavy (non-hydrogen) atoms. The summed E-state index contributed by atoms with van der Waals surface area (Å²) in [6.45, 7) is 13.4. The van der Waals surface area contributed by atoms with Crippen LogP contribution < -0.4 is 14.9 Å². The van der Waals surface area contributed by atoms with Crippen molar-refractivity contribution in [2.24, 2.45) is 5.14 Å². The van der Waals surface area contributed by atoms with E-state index in [0.29, 0.717) is 39.3 Å². The minimum absolute atomic E-state index is 0.410. The molecule has 4 heterocycles. The van der Waals surface area contributed by atoms with Crippen LogP contribution in [0, 0.1) is 27.7 Å². The molecule has 2 aromatic heterocycles. The lowest BCUT2D eigenvalue weighted by molar-refractivity contribution is 0.434. The molecule has 0 unspecified atom stereocenters. The molecule has 0 atom stereocenters. The number of nitrogens with zero attached hydrogens (tertiary/aromatic N) is 6. The van der Waals surface area contributed by atoms with E-state index < -0.39 is 20.2 Å². The van der Waals surface area contributed by atoms with Crippen LogP contribution in [-0.2, 0) is 20.2 Å². The van der Waals surface area contributed by atoms with Gasteiger partial charge in [0, 0.05) is 86.9 Å². The van der Waals surface area contributed by atoms with Crippen molar-refractivity contribution in [3.63, 3.8) is 0 Å². The van der Waals surface area contributed by atoms with Crippen LogP contribution in [0.5, 0.6) is 0 Å². The number of aromatic nitrogens is 2. The number of benzene rings is 2. The van der Waals surface area contributed by atoms with Crippen LogP contribution >= 0.6 is 0 Å². The maximum absolute atomic E-state index is 11.8. The molecule has 4 aromatic rings. The van der Waals surface area contributed by atoms with E-state index in [-0.39, 0.29) is 0 Å². The second-order valence-electron chi connectivity index (χ2n) is 12.4. The van der Waals surface area contributed by atoms with Crippen molar-refractivity contribution >= 4 is 53.4 Å². The Morgan fingerprint density at radius 1 is 0.587 bits per heavy atom. The number of nitrogens with two attached hydrogens (primary N) is 1. The maximum Gasteiger partial charge on any atom is 0.276 e.